The molecule has 0 heterocycles. The summed E-state index contributed by atoms with van der Waals surface area (Å²) in [6.45, 7) is 7.44. The van der Waals surface area contributed by atoms with Gasteiger partial charge in [-0.15, -0.1) is 0 Å². The maximum absolute atomic E-state index is 12.8. The molecule has 0 saturated carbocycles. The lowest BCUT2D eigenvalue weighted by Crippen LogP contribution is -2.43. The van der Waals surface area contributed by atoms with Crippen LogP contribution in [0.25, 0.3) is 0 Å². The highest BCUT2D eigenvalue weighted by Crippen LogP contribution is 2.28. The Labute approximate surface area is 490 Å². The molecule has 0 aliphatic rings. The van der Waals surface area contributed by atoms with Crippen molar-refractivity contribution in [2.24, 2.45) is 5.73 Å². The van der Waals surface area contributed by atoms with Crippen LogP contribution in [0.3, 0.4) is 0 Å². The van der Waals surface area contributed by atoms with Crippen molar-refractivity contribution in [3.05, 3.63) is 0 Å². The van der Waals surface area contributed by atoms with Gasteiger partial charge < -0.3 is 39.8 Å². The highest BCUT2D eigenvalue weighted by atomic mass is 32.2. The highest BCUT2D eigenvalue weighted by molar-refractivity contribution is 7.99. The summed E-state index contributed by atoms with van der Waals surface area (Å²) in [4.78, 5) is 55.7. The van der Waals surface area contributed by atoms with Gasteiger partial charge in [0, 0.05) is 44.0 Å². The fraction of sp³-hybridized carbons (Fsp3) is 0.953. The van der Waals surface area contributed by atoms with Crippen molar-refractivity contribution in [1.82, 2.24) is 10.4 Å². The molecule has 0 aliphatic heterocycles. The van der Waals surface area contributed by atoms with Crippen LogP contribution >= 0.6 is 19.5 Å². The summed E-state index contributed by atoms with van der Waals surface area (Å²) in [5.74, 6) is -0.0253. The van der Waals surface area contributed by atoms with Crippen LogP contribution in [0.2, 0.25) is 0 Å². The van der Waals surface area contributed by atoms with Gasteiger partial charge in [0.1, 0.15) is 12.7 Å². The summed E-state index contributed by atoms with van der Waals surface area (Å²) in [7, 11) is -4.05. The molecule has 0 aromatic heterocycles. The zero-order valence-corrected chi connectivity index (χ0v) is 53.3. The lowest BCUT2D eigenvalue weighted by atomic mass is 10.0. The van der Waals surface area contributed by atoms with Gasteiger partial charge in [-0.3, -0.25) is 14.4 Å². The van der Waals surface area contributed by atoms with E-state index in [4.69, 9.17) is 34.5 Å². The fourth-order valence-corrected chi connectivity index (χ4v) is 11.4. The molecule has 0 fully saturated rings. The molecule has 0 rings (SSSR count). The van der Waals surface area contributed by atoms with Crippen LogP contribution in [0.1, 0.15) is 322 Å². The molecule has 0 unspecified atom stereocenters. The van der Waals surface area contributed by atoms with Gasteiger partial charge in [0.15, 0.2) is 0 Å². The zero-order chi connectivity index (χ0) is 57.6. The number of hydrogen-bond acceptors (Lipinski definition) is 10. The number of nitrogens with one attached hydrogen (secondary N) is 2. The first kappa shape index (κ1) is 77.8. The molecule has 0 spiro atoms. The monoisotopic (exact) mass is 1160 g/mol. The molecule has 0 aromatic rings. The number of hydrogen-bond donors (Lipinski definition) is 5. The molecule has 13 nitrogen and oxygen atoms in total. The first-order valence-electron chi connectivity index (χ1n) is 33.5. The van der Waals surface area contributed by atoms with Crippen molar-refractivity contribution in [3.8, 4) is 0 Å². The first-order chi connectivity index (χ1) is 38.6. The molecule has 2 atom stereocenters. The van der Waals surface area contributed by atoms with Crippen LogP contribution in [0.4, 0.5) is 0 Å². The summed E-state index contributed by atoms with van der Waals surface area (Å²) in [5.41, 5.74) is 6.22. The first-order valence-corrected chi connectivity index (χ1v) is 36.3. The molecule has 0 saturated heterocycles. The third-order valence-electron chi connectivity index (χ3n) is 15.1. The number of thioether (sulfide) groups is 1. The van der Waals surface area contributed by atoms with E-state index < -0.39 is 19.9 Å². The van der Waals surface area contributed by atoms with Gasteiger partial charge in [0.25, 0.3) is 0 Å². The van der Waals surface area contributed by atoms with Gasteiger partial charge >= 0.3 is 19.7 Å². The molecule has 470 valence electrons. The maximum Gasteiger partial charge on any atom is 0.400 e. The van der Waals surface area contributed by atoms with E-state index in [9.17, 15) is 18.9 Å². The second kappa shape index (κ2) is 62.8. The Morgan fingerprint density at radius 3 is 1.16 bits per heavy atom. The molecule has 0 radical (unpaired) electrons. The number of carbonyl (C=O) groups is 3. The van der Waals surface area contributed by atoms with Gasteiger partial charge in [-0.2, -0.15) is 11.8 Å². The zero-order valence-electron chi connectivity index (χ0n) is 51.6. The molecule has 6 N–H and O–H groups in total. The van der Waals surface area contributed by atoms with E-state index in [-0.39, 0.29) is 24.5 Å². The lowest BCUT2D eigenvalue weighted by molar-refractivity contribution is -0.157. The second-order valence-corrected chi connectivity index (χ2v) is 25.4. The smallest absolute Gasteiger partial charge is 0.400 e. The lowest BCUT2D eigenvalue weighted by Gasteiger charge is -2.19. The van der Waals surface area contributed by atoms with Gasteiger partial charge in [-0.1, -0.05) is 284 Å². The van der Waals surface area contributed by atoms with E-state index in [2.05, 4.69) is 24.3 Å². The van der Waals surface area contributed by atoms with Crippen LogP contribution in [0.5, 0.6) is 0 Å². The van der Waals surface area contributed by atoms with Crippen LogP contribution in [0, 0.1) is 0 Å². The van der Waals surface area contributed by atoms with Gasteiger partial charge in [0.05, 0.1) is 25.9 Å². The molecule has 15 heteroatoms. The molecule has 0 aliphatic carbocycles. The van der Waals surface area contributed by atoms with Gasteiger partial charge in [-0.25, -0.2) is 9.65 Å². The Kier molecular flexibility index (Phi) is 61.8. The van der Waals surface area contributed by atoms with E-state index in [1.807, 2.05) is 0 Å². The second-order valence-electron chi connectivity index (χ2n) is 23.0. The molecular weight excluding hydrogens is 1030 g/mol. The molecular formula is C64H128N3O10PS. The number of rotatable bonds is 66. The Hall–Kier alpha value is -1.25. The molecule has 0 bridgehead atoms. The number of esters is 2. The Morgan fingerprint density at radius 2 is 0.772 bits per heavy atom. The van der Waals surface area contributed by atoms with Gasteiger partial charge in [0.2, 0.25) is 5.91 Å². The Balaban J connectivity index is 3.79. The average molecular weight is 1160 g/mol. The number of carbonyl (C=O) groups excluding carboxylic acids is 3. The van der Waals surface area contributed by atoms with Crippen LogP contribution < -0.4 is 16.1 Å². The van der Waals surface area contributed by atoms with Crippen molar-refractivity contribution in [2.45, 2.75) is 334 Å². The number of amides is 1. The van der Waals surface area contributed by atoms with E-state index in [1.54, 1.807) is 0 Å². The van der Waals surface area contributed by atoms with Gasteiger partial charge in [-0.05, 0) is 25.7 Å². The van der Waals surface area contributed by atoms with Crippen LogP contribution in [0.15, 0.2) is 0 Å². The third-order valence-corrected chi connectivity index (χ3v) is 16.9. The van der Waals surface area contributed by atoms with Crippen molar-refractivity contribution >= 4 is 37.4 Å². The summed E-state index contributed by atoms with van der Waals surface area (Å²) in [5, 5.41) is 5.12. The van der Waals surface area contributed by atoms with E-state index in [0.29, 0.717) is 57.3 Å². The summed E-state index contributed by atoms with van der Waals surface area (Å²) < 4.78 is 33.6. The minimum atomic E-state index is -4.05. The topological polar surface area (TPSA) is 196 Å². The third kappa shape index (κ3) is 64.2. The van der Waals surface area contributed by atoms with E-state index >= 15 is 0 Å². The van der Waals surface area contributed by atoms with Crippen LogP contribution in [-0.2, 0) is 37.9 Å². The van der Waals surface area contributed by atoms with Crippen molar-refractivity contribution < 1.29 is 47.7 Å². The number of unbranched alkanes of at least 4 members (excludes halogenated alkanes) is 43. The molecule has 79 heavy (non-hydrogen) atoms. The summed E-state index contributed by atoms with van der Waals surface area (Å²) in [6.07, 6.45) is 58.1. The summed E-state index contributed by atoms with van der Waals surface area (Å²) in [6, 6.07) is -0.723. The predicted molar refractivity (Wildman–Crippen MR) is 334 cm³/mol. The predicted octanol–water partition coefficient (Wildman–Crippen LogP) is 17.1. The van der Waals surface area contributed by atoms with Crippen molar-refractivity contribution in [2.75, 3.05) is 57.6 Å². The molecule has 1 amide bonds. The number of ether oxygens (including phenoxy) is 4. The Bertz CT molecular complexity index is 1350. The molecule has 0 aromatic carbocycles. The number of nitrogens with two attached hydrogens (primary N) is 1. The highest BCUT2D eigenvalue weighted by Gasteiger charge is 2.20. The summed E-state index contributed by atoms with van der Waals surface area (Å²) >= 11 is 1.43. The van der Waals surface area contributed by atoms with E-state index in [0.717, 1.165) is 70.8 Å². The Morgan fingerprint density at radius 1 is 0.430 bits per heavy atom. The fourth-order valence-electron chi connectivity index (χ4n) is 10.0. The minimum Gasteiger partial charge on any atom is -0.462 e. The van der Waals surface area contributed by atoms with Crippen molar-refractivity contribution in [3.63, 3.8) is 0 Å². The average Bonchev–Trinajstić information content (AvgIpc) is 3.42. The van der Waals surface area contributed by atoms with Crippen LogP contribution in [-0.4, -0.2) is 97.4 Å². The largest absolute Gasteiger partial charge is 0.462 e. The maximum atomic E-state index is 12.8. The standard InChI is InChI=1S/C64H128N3O10PS/c1-3-5-7-9-11-33-37-41-45-49-62(68)76-57-60(77-63(69)50-46-42-38-34-12-10-8-6-4-2)58-79-59-61(65)64(70)66-52-54-75-56-55-74-53-48-44-40-36-32-30-28-26-24-22-20-18-16-14-13-15-17-19-21-23-25-27-29-31-35-39-43-47-51-67-78(71,72)73/h60-61H,3-59,65H2,1-2H3,(H,66,70)(H3,67,71,72,73)/t60-,61+/m1/s1. The normalized spacial score (nSPS) is 12.5. The minimum absolute atomic E-state index is 0.0163. The quantitative estimate of drug-likeness (QED) is 0.0219. The van der Waals surface area contributed by atoms with E-state index in [1.165, 1.54) is 243 Å². The SMILES string of the molecule is CCCCCCCCCCCC(=O)OC[C@H](CSC[C@H](N)C(=O)NCCOCCOCCCCCCCCCCCCCCCCCCCCCCCCCCCCCCNP(=O)(O)O)OC(=O)CCCCCCCCCCC. The van der Waals surface area contributed by atoms with Crippen molar-refractivity contribution in [1.29, 1.82) is 0 Å².